The van der Waals surface area contributed by atoms with Crippen LogP contribution in [0.1, 0.15) is 52.9 Å². The number of hydrogen-bond acceptors (Lipinski definition) is 3. The third-order valence-electron chi connectivity index (χ3n) is 5.06. The number of hydrogen-bond donors (Lipinski definition) is 1. The summed E-state index contributed by atoms with van der Waals surface area (Å²) in [6, 6.07) is 0. The lowest BCUT2D eigenvalue weighted by Crippen LogP contribution is -2.52. The van der Waals surface area contributed by atoms with Crippen LogP contribution in [0.25, 0.3) is 0 Å². The van der Waals surface area contributed by atoms with Crippen molar-refractivity contribution in [1.29, 1.82) is 0 Å². The molecule has 2 unspecified atom stereocenters. The number of imide groups is 1. The molecule has 114 valence electrons. The fourth-order valence-corrected chi connectivity index (χ4v) is 3.93. The molecule has 0 saturated carbocycles. The Morgan fingerprint density at radius 3 is 2.70 bits per heavy atom. The first kappa shape index (κ1) is 15.5. The molecule has 1 N–H and O–H groups in total. The SMILES string of the molecule is CCN1CCCC2(CC1)CC(=O)NC(=O)C2CC(C)C. The predicted molar refractivity (Wildman–Crippen MR) is 79.1 cm³/mol. The highest BCUT2D eigenvalue weighted by Crippen LogP contribution is 2.46. The van der Waals surface area contributed by atoms with Gasteiger partial charge in [0.25, 0.3) is 0 Å². The average molecular weight is 280 g/mol. The number of nitrogens with one attached hydrogen (secondary N) is 1. The monoisotopic (exact) mass is 280 g/mol. The van der Waals surface area contributed by atoms with Gasteiger partial charge in [0.2, 0.25) is 11.8 Å². The minimum Gasteiger partial charge on any atom is -0.304 e. The second-order valence-corrected chi connectivity index (χ2v) is 6.92. The third kappa shape index (κ3) is 3.22. The van der Waals surface area contributed by atoms with Crippen LogP contribution in [0.2, 0.25) is 0 Å². The van der Waals surface area contributed by atoms with Gasteiger partial charge in [-0.05, 0) is 56.7 Å². The van der Waals surface area contributed by atoms with E-state index in [1.165, 1.54) is 0 Å². The maximum atomic E-state index is 12.3. The summed E-state index contributed by atoms with van der Waals surface area (Å²) in [5.74, 6) is 0.401. The molecule has 0 aliphatic carbocycles. The lowest BCUT2D eigenvalue weighted by molar-refractivity contribution is -0.145. The summed E-state index contributed by atoms with van der Waals surface area (Å²) in [5.41, 5.74) is -0.0897. The van der Waals surface area contributed by atoms with Crippen LogP contribution in [0.4, 0.5) is 0 Å². The number of carbonyl (C=O) groups is 2. The molecule has 4 heteroatoms. The van der Waals surface area contributed by atoms with Gasteiger partial charge in [-0.3, -0.25) is 14.9 Å². The van der Waals surface area contributed by atoms with E-state index in [-0.39, 0.29) is 23.1 Å². The quantitative estimate of drug-likeness (QED) is 0.806. The molecule has 1 spiro atoms. The van der Waals surface area contributed by atoms with Crippen LogP contribution in [-0.2, 0) is 9.59 Å². The molecule has 2 heterocycles. The van der Waals surface area contributed by atoms with Crippen molar-refractivity contribution in [1.82, 2.24) is 10.2 Å². The minimum absolute atomic E-state index is 0.0111. The number of piperidine rings is 1. The van der Waals surface area contributed by atoms with Crippen LogP contribution in [-0.4, -0.2) is 36.3 Å². The van der Waals surface area contributed by atoms with E-state index in [4.69, 9.17) is 0 Å². The Kier molecular flexibility index (Phi) is 4.84. The van der Waals surface area contributed by atoms with E-state index in [1.54, 1.807) is 0 Å². The summed E-state index contributed by atoms with van der Waals surface area (Å²) in [6.45, 7) is 9.68. The first-order valence-corrected chi connectivity index (χ1v) is 8.03. The summed E-state index contributed by atoms with van der Waals surface area (Å²) < 4.78 is 0. The van der Waals surface area contributed by atoms with E-state index in [2.05, 4.69) is 31.0 Å². The second kappa shape index (κ2) is 6.25. The van der Waals surface area contributed by atoms with Gasteiger partial charge in [-0.2, -0.15) is 0 Å². The van der Waals surface area contributed by atoms with Gasteiger partial charge in [0.1, 0.15) is 0 Å². The van der Waals surface area contributed by atoms with Crippen molar-refractivity contribution in [2.24, 2.45) is 17.3 Å². The summed E-state index contributed by atoms with van der Waals surface area (Å²) >= 11 is 0. The lowest BCUT2D eigenvalue weighted by atomic mass is 9.63. The molecular formula is C16H28N2O2. The molecule has 2 atom stereocenters. The van der Waals surface area contributed by atoms with Crippen molar-refractivity contribution >= 4 is 11.8 Å². The molecule has 2 saturated heterocycles. The Labute approximate surface area is 122 Å². The largest absolute Gasteiger partial charge is 0.304 e. The van der Waals surface area contributed by atoms with Gasteiger partial charge in [-0.15, -0.1) is 0 Å². The summed E-state index contributed by atoms with van der Waals surface area (Å²) in [5, 5.41) is 2.56. The zero-order valence-corrected chi connectivity index (χ0v) is 13.1. The Hall–Kier alpha value is -0.900. The zero-order valence-electron chi connectivity index (χ0n) is 13.1. The third-order valence-corrected chi connectivity index (χ3v) is 5.06. The Morgan fingerprint density at radius 2 is 2.05 bits per heavy atom. The Bertz CT molecular complexity index is 381. The fraction of sp³-hybridized carbons (Fsp3) is 0.875. The van der Waals surface area contributed by atoms with E-state index in [9.17, 15) is 9.59 Å². The van der Waals surface area contributed by atoms with Gasteiger partial charge in [0.15, 0.2) is 0 Å². The van der Waals surface area contributed by atoms with Crippen molar-refractivity contribution in [2.75, 3.05) is 19.6 Å². The van der Waals surface area contributed by atoms with Crippen molar-refractivity contribution in [2.45, 2.75) is 52.9 Å². The van der Waals surface area contributed by atoms with Crippen LogP contribution < -0.4 is 5.32 Å². The van der Waals surface area contributed by atoms with Crippen molar-refractivity contribution in [3.63, 3.8) is 0 Å². The first-order chi connectivity index (χ1) is 9.47. The van der Waals surface area contributed by atoms with Crippen LogP contribution in [0.3, 0.4) is 0 Å². The van der Waals surface area contributed by atoms with Crippen molar-refractivity contribution in [3.8, 4) is 0 Å². The molecule has 0 aromatic rings. The minimum atomic E-state index is -0.0897. The number of rotatable bonds is 3. The number of nitrogens with zero attached hydrogens (tertiary/aromatic N) is 1. The summed E-state index contributed by atoms with van der Waals surface area (Å²) in [6.07, 6.45) is 4.53. The van der Waals surface area contributed by atoms with Crippen LogP contribution >= 0.6 is 0 Å². The highest BCUT2D eigenvalue weighted by Gasteiger charge is 2.48. The van der Waals surface area contributed by atoms with Gasteiger partial charge in [0.05, 0.1) is 0 Å². The predicted octanol–water partition coefficient (Wildman–Crippen LogP) is 2.19. The van der Waals surface area contributed by atoms with Gasteiger partial charge in [-0.1, -0.05) is 20.8 Å². The molecule has 20 heavy (non-hydrogen) atoms. The topological polar surface area (TPSA) is 49.4 Å². The Morgan fingerprint density at radius 1 is 1.30 bits per heavy atom. The zero-order chi connectivity index (χ0) is 14.8. The van der Waals surface area contributed by atoms with Gasteiger partial charge >= 0.3 is 0 Å². The normalized spacial score (nSPS) is 32.5. The van der Waals surface area contributed by atoms with Gasteiger partial charge in [-0.25, -0.2) is 0 Å². The maximum absolute atomic E-state index is 12.3. The van der Waals surface area contributed by atoms with Gasteiger partial charge < -0.3 is 4.90 Å². The van der Waals surface area contributed by atoms with Crippen LogP contribution in [0.5, 0.6) is 0 Å². The molecular weight excluding hydrogens is 252 g/mol. The van der Waals surface area contributed by atoms with E-state index in [1.807, 2.05) is 0 Å². The smallest absolute Gasteiger partial charge is 0.230 e. The summed E-state index contributed by atoms with van der Waals surface area (Å²) in [4.78, 5) is 26.7. The molecule has 0 bridgehead atoms. The molecule has 2 rings (SSSR count). The number of amides is 2. The highest BCUT2D eigenvalue weighted by atomic mass is 16.2. The molecule has 0 aromatic carbocycles. The first-order valence-electron chi connectivity index (χ1n) is 8.03. The number of carbonyl (C=O) groups excluding carboxylic acids is 2. The maximum Gasteiger partial charge on any atom is 0.230 e. The Balaban J connectivity index is 2.22. The van der Waals surface area contributed by atoms with Crippen LogP contribution in [0, 0.1) is 17.3 Å². The molecule has 2 aliphatic rings. The molecule has 2 aliphatic heterocycles. The van der Waals surface area contributed by atoms with E-state index >= 15 is 0 Å². The lowest BCUT2D eigenvalue weighted by Gasteiger charge is -2.43. The molecule has 2 fully saturated rings. The molecule has 0 aromatic heterocycles. The van der Waals surface area contributed by atoms with E-state index in [0.29, 0.717) is 12.3 Å². The molecule has 4 nitrogen and oxygen atoms in total. The van der Waals surface area contributed by atoms with E-state index in [0.717, 1.165) is 45.3 Å². The summed E-state index contributed by atoms with van der Waals surface area (Å²) in [7, 11) is 0. The average Bonchev–Trinajstić information content (AvgIpc) is 2.57. The van der Waals surface area contributed by atoms with E-state index < -0.39 is 0 Å². The molecule has 0 radical (unpaired) electrons. The molecule has 2 amide bonds. The second-order valence-electron chi connectivity index (χ2n) is 6.92. The standard InChI is InChI=1S/C16H28N2O2/c1-4-18-8-5-6-16(7-9-18)11-14(19)17-15(20)13(16)10-12(2)3/h12-13H,4-11H2,1-3H3,(H,17,19,20). The van der Waals surface area contributed by atoms with Crippen molar-refractivity contribution in [3.05, 3.63) is 0 Å². The van der Waals surface area contributed by atoms with Crippen molar-refractivity contribution < 1.29 is 9.59 Å². The van der Waals surface area contributed by atoms with Crippen LogP contribution in [0.15, 0.2) is 0 Å². The fourth-order valence-electron chi connectivity index (χ4n) is 3.93. The number of likely N-dealkylation sites (tertiary alicyclic amines) is 1. The highest BCUT2D eigenvalue weighted by molar-refractivity contribution is 5.99. The van der Waals surface area contributed by atoms with Gasteiger partial charge in [0, 0.05) is 12.3 Å².